The third kappa shape index (κ3) is 6.12. The van der Waals surface area contributed by atoms with Gasteiger partial charge in [0.05, 0.1) is 0 Å². The number of hydrogen-bond acceptors (Lipinski definition) is 0. The fourth-order valence-electron chi connectivity index (χ4n) is 2.39. The van der Waals surface area contributed by atoms with E-state index in [1.807, 2.05) is 0 Å². The topological polar surface area (TPSA) is 0 Å². The second kappa shape index (κ2) is 7.41. The minimum Gasteiger partial charge on any atom is -0.0654 e. The van der Waals surface area contributed by atoms with Crippen LogP contribution in [0, 0.1) is 17.8 Å². The van der Waals surface area contributed by atoms with Gasteiger partial charge in [-0.3, -0.25) is 0 Å². The van der Waals surface area contributed by atoms with Gasteiger partial charge < -0.3 is 0 Å². The molecule has 0 rings (SSSR count). The molecular formula is C13H28. The molecule has 1 unspecified atom stereocenters. The summed E-state index contributed by atoms with van der Waals surface area (Å²) in [6.45, 7) is 11.7. The molecule has 80 valence electrons. The molecule has 0 saturated heterocycles. The maximum atomic E-state index is 2.44. The molecule has 0 spiro atoms. The average Bonchev–Trinajstić information content (AvgIpc) is 2.02. The maximum Gasteiger partial charge on any atom is -0.0389 e. The predicted octanol–water partition coefficient (Wildman–Crippen LogP) is 4.89. The first-order valence-corrected chi connectivity index (χ1v) is 6.11. The van der Waals surface area contributed by atoms with E-state index in [4.69, 9.17) is 0 Å². The zero-order valence-corrected chi connectivity index (χ0v) is 10.3. The summed E-state index contributed by atoms with van der Waals surface area (Å²) in [7, 11) is 0. The molecule has 0 aromatic rings. The Hall–Kier alpha value is 0. The van der Waals surface area contributed by atoms with Gasteiger partial charge in [-0.05, 0) is 24.2 Å². The van der Waals surface area contributed by atoms with Gasteiger partial charge in [0.2, 0.25) is 0 Å². The molecule has 1 atom stereocenters. The molecule has 0 heteroatoms. The van der Waals surface area contributed by atoms with Gasteiger partial charge in [-0.2, -0.15) is 0 Å². The van der Waals surface area contributed by atoms with Crippen LogP contribution in [-0.2, 0) is 0 Å². The molecular weight excluding hydrogens is 156 g/mol. The van der Waals surface area contributed by atoms with Crippen LogP contribution in [0.2, 0.25) is 0 Å². The zero-order chi connectivity index (χ0) is 10.3. The van der Waals surface area contributed by atoms with Gasteiger partial charge in [0, 0.05) is 0 Å². The van der Waals surface area contributed by atoms with Crippen LogP contribution >= 0.6 is 0 Å². The summed E-state index contributed by atoms with van der Waals surface area (Å²) in [4.78, 5) is 0. The molecule has 0 aliphatic heterocycles. The molecule has 0 bridgehead atoms. The predicted molar refractivity (Wildman–Crippen MR) is 61.9 cm³/mol. The van der Waals surface area contributed by atoms with E-state index in [9.17, 15) is 0 Å². The Balaban J connectivity index is 3.86. The molecule has 0 nitrogen and oxygen atoms in total. The van der Waals surface area contributed by atoms with Crippen molar-refractivity contribution in [2.45, 2.75) is 66.7 Å². The molecule has 13 heavy (non-hydrogen) atoms. The van der Waals surface area contributed by atoms with E-state index < -0.39 is 0 Å². The van der Waals surface area contributed by atoms with Crippen LogP contribution in [0.1, 0.15) is 66.7 Å². The van der Waals surface area contributed by atoms with E-state index >= 15 is 0 Å². The molecule has 0 amide bonds. The second-order valence-electron chi connectivity index (χ2n) is 4.94. The lowest BCUT2D eigenvalue weighted by atomic mass is 9.82. The van der Waals surface area contributed by atoms with Crippen molar-refractivity contribution in [3.63, 3.8) is 0 Å². The summed E-state index contributed by atoms with van der Waals surface area (Å²) in [5, 5.41) is 0. The quantitative estimate of drug-likeness (QED) is 0.528. The van der Waals surface area contributed by atoms with E-state index in [1.54, 1.807) is 0 Å². The Labute approximate surface area is 85.1 Å². The molecule has 0 aliphatic carbocycles. The van der Waals surface area contributed by atoms with E-state index in [2.05, 4.69) is 34.6 Å². The summed E-state index contributed by atoms with van der Waals surface area (Å²) in [5.41, 5.74) is 0. The summed E-state index contributed by atoms with van der Waals surface area (Å²) >= 11 is 0. The molecule has 0 aromatic heterocycles. The first-order valence-electron chi connectivity index (χ1n) is 6.11. The lowest BCUT2D eigenvalue weighted by Gasteiger charge is -2.24. The third-order valence-electron chi connectivity index (χ3n) is 2.97. The van der Waals surface area contributed by atoms with Crippen molar-refractivity contribution in [2.75, 3.05) is 0 Å². The molecule has 0 aromatic carbocycles. The second-order valence-corrected chi connectivity index (χ2v) is 4.94. The maximum absolute atomic E-state index is 2.44. The molecule has 0 radical (unpaired) electrons. The summed E-state index contributed by atoms with van der Waals surface area (Å²) in [6, 6.07) is 0. The van der Waals surface area contributed by atoms with Crippen molar-refractivity contribution < 1.29 is 0 Å². The van der Waals surface area contributed by atoms with Crippen molar-refractivity contribution in [1.82, 2.24) is 0 Å². The molecule has 0 saturated carbocycles. The number of hydrogen-bond donors (Lipinski definition) is 0. The standard InChI is InChI=1S/C13H28/c1-6-8-13(9-7-2)12(5)10-11(3)4/h11-13H,6-10H2,1-5H3. The van der Waals surface area contributed by atoms with Gasteiger partial charge in [0.25, 0.3) is 0 Å². The normalized spacial score (nSPS) is 14.1. The molecule has 0 N–H and O–H groups in total. The van der Waals surface area contributed by atoms with Crippen molar-refractivity contribution in [1.29, 1.82) is 0 Å². The fraction of sp³-hybridized carbons (Fsp3) is 1.00. The zero-order valence-electron chi connectivity index (χ0n) is 10.3. The monoisotopic (exact) mass is 184 g/mol. The van der Waals surface area contributed by atoms with Gasteiger partial charge >= 0.3 is 0 Å². The summed E-state index contributed by atoms with van der Waals surface area (Å²) < 4.78 is 0. The third-order valence-corrected chi connectivity index (χ3v) is 2.97. The van der Waals surface area contributed by atoms with E-state index in [1.165, 1.54) is 32.1 Å². The highest BCUT2D eigenvalue weighted by Gasteiger charge is 2.16. The van der Waals surface area contributed by atoms with E-state index in [-0.39, 0.29) is 0 Å². The van der Waals surface area contributed by atoms with Crippen LogP contribution in [0.3, 0.4) is 0 Å². The van der Waals surface area contributed by atoms with Gasteiger partial charge in [-0.25, -0.2) is 0 Å². The van der Waals surface area contributed by atoms with Crippen LogP contribution < -0.4 is 0 Å². The van der Waals surface area contributed by atoms with E-state index in [0.717, 1.165) is 17.8 Å². The van der Waals surface area contributed by atoms with Crippen molar-refractivity contribution in [3.8, 4) is 0 Å². The smallest absolute Gasteiger partial charge is 0.0389 e. The van der Waals surface area contributed by atoms with Crippen LogP contribution in [0.5, 0.6) is 0 Å². The minimum absolute atomic E-state index is 0.867. The first-order chi connectivity index (χ1) is 6.11. The van der Waals surface area contributed by atoms with Crippen molar-refractivity contribution in [3.05, 3.63) is 0 Å². The van der Waals surface area contributed by atoms with Gasteiger partial charge in [0.15, 0.2) is 0 Å². The van der Waals surface area contributed by atoms with Crippen LogP contribution in [0.15, 0.2) is 0 Å². The lowest BCUT2D eigenvalue weighted by molar-refractivity contribution is 0.269. The van der Waals surface area contributed by atoms with Crippen molar-refractivity contribution in [2.24, 2.45) is 17.8 Å². The highest BCUT2D eigenvalue weighted by molar-refractivity contribution is 4.67. The largest absolute Gasteiger partial charge is 0.0654 e. The van der Waals surface area contributed by atoms with E-state index in [0.29, 0.717) is 0 Å². The van der Waals surface area contributed by atoms with Crippen LogP contribution in [0.4, 0.5) is 0 Å². The van der Waals surface area contributed by atoms with Crippen molar-refractivity contribution >= 4 is 0 Å². The Morgan fingerprint density at radius 3 is 1.62 bits per heavy atom. The van der Waals surface area contributed by atoms with Crippen LogP contribution in [0.25, 0.3) is 0 Å². The molecule has 0 heterocycles. The minimum atomic E-state index is 0.867. The van der Waals surface area contributed by atoms with Gasteiger partial charge in [-0.1, -0.05) is 60.3 Å². The van der Waals surface area contributed by atoms with Gasteiger partial charge in [-0.15, -0.1) is 0 Å². The lowest BCUT2D eigenvalue weighted by Crippen LogP contribution is -2.13. The Morgan fingerprint density at radius 1 is 0.846 bits per heavy atom. The fourth-order valence-corrected chi connectivity index (χ4v) is 2.39. The molecule has 0 aliphatic rings. The average molecular weight is 184 g/mol. The highest BCUT2D eigenvalue weighted by Crippen LogP contribution is 2.27. The first kappa shape index (κ1) is 13.0. The summed E-state index contributed by atoms with van der Waals surface area (Å²) in [5.74, 6) is 2.78. The highest BCUT2D eigenvalue weighted by atomic mass is 14.2. The Morgan fingerprint density at radius 2 is 1.31 bits per heavy atom. The number of rotatable bonds is 7. The molecule has 0 fully saturated rings. The SMILES string of the molecule is CCCC(CCC)C(C)CC(C)C. The Kier molecular flexibility index (Phi) is 7.41. The van der Waals surface area contributed by atoms with Gasteiger partial charge in [0.1, 0.15) is 0 Å². The summed E-state index contributed by atoms with van der Waals surface area (Å²) in [6.07, 6.45) is 6.98. The Bertz CT molecular complexity index is 98.6. The van der Waals surface area contributed by atoms with Crippen LogP contribution in [-0.4, -0.2) is 0 Å².